The number of quaternary nitrogens is 1. The minimum Gasteiger partial charge on any atom is -0.462 e. The summed E-state index contributed by atoms with van der Waals surface area (Å²) in [7, 11) is 1.31. The zero-order chi connectivity index (χ0) is 47.4. The Morgan fingerprint density at radius 3 is 1.52 bits per heavy atom. The fourth-order valence-corrected chi connectivity index (χ4v) is 7.92. The predicted octanol–water partition coefficient (Wildman–Crippen LogP) is 13.2. The van der Waals surface area contributed by atoms with Gasteiger partial charge in [-0.3, -0.25) is 18.6 Å². The zero-order valence-electron chi connectivity index (χ0n) is 41.7. The summed E-state index contributed by atoms with van der Waals surface area (Å²) >= 11 is 0. The van der Waals surface area contributed by atoms with Crippen LogP contribution in [0.1, 0.15) is 219 Å². The van der Waals surface area contributed by atoms with Gasteiger partial charge in [0.15, 0.2) is 6.10 Å². The summed E-state index contributed by atoms with van der Waals surface area (Å²) in [4.78, 5) is 35.6. The van der Waals surface area contributed by atoms with Crippen LogP contribution in [0.2, 0.25) is 0 Å². The Hall–Kier alpha value is -1.85. The van der Waals surface area contributed by atoms with Gasteiger partial charge in [0.05, 0.1) is 40.0 Å². The highest BCUT2D eigenvalue weighted by molar-refractivity contribution is 7.47. The minimum absolute atomic E-state index is 0.0195. The topological polar surface area (TPSA) is 149 Å². The first kappa shape index (κ1) is 62.1. The number of hydrogen-bond donors (Lipinski definition) is 3. The van der Waals surface area contributed by atoms with Crippen molar-refractivity contribution in [2.24, 2.45) is 0 Å². The van der Waals surface area contributed by atoms with Gasteiger partial charge in [0.25, 0.3) is 0 Å². The second-order valence-corrected chi connectivity index (χ2v) is 20.3. The molecule has 376 valence electrons. The van der Waals surface area contributed by atoms with Crippen molar-refractivity contribution < 1.29 is 52.3 Å². The van der Waals surface area contributed by atoms with Crippen molar-refractivity contribution in [3.63, 3.8) is 0 Å². The molecule has 0 aliphatic rings. The highest BCUT2D eigenvalue weighted by Gasteiger charge is 2.27. The molecular formula is C52H99NO10P+. The van der Waals surface area contributed by atoms with E-state index in [0.29, 0.717) is 23.9 Å². The summed E-state index contributed by atoms with van der Waals surface area (Å²) < 4.78 is 34.2. The molecule has 0 aromatic rings. The predicted molar refractivity (Wildman–Crippen MR) is 264 cm³/mol. The maximum atomic E-state index is 12.8. The van der Waals surface area contributed by atoms with Crippen LogP contribution in [0.3, 0.4) is 0 Å². The Kier molecular flexibility index (Phi) is 42.4. The largest absolute Gasteiger partial charge is 0.472 e. The van der Waals surface area contributed by atoms with E-state index in [1.807, 2.05) is 33.3 Å². The van der Waals surface area contributed by atoms with E-state index >= 15 is 0 Å². The molecule has 0 heterocycles. The third-order valence-corrected chi connectivity index (χ3v) is 12.4. The van der Waals surface area contributed by atoms with E-state index in [-0.39, 0.29) is 38.9 Å². The van der Waals surface area contributed by atoms with Crippen molar-refractivity contribution in [3.05, 3.63) is 36.5 Å². The molecular weight excluding hydrogens is 830 g/mol. The summed E-state index contributed by atoms with van der Waals surface area (Å²) in [5.41, 5.74) is 0. The molecule has 4 atom stereocenters. The summed E-state index contributed by atoms with van der Waals surface area (Å²) in [5.74, 6) is -1.07. The third kappa shape index (κ3) is 45.3. The highest BCUT2D eigenvalue weighted by Crippen LogP contribution is 2.43. The molecule has 0 fully saturated rings. The number of hydrogen-bond acceptors (Lipinski definition) is 9. The maximum Gasteiger partial charge on any atom is 0.472 e. The van der Waals surface area contributed by atoms with E-state index in [2.05, 4.69) is 38.2 Å². The Morgan fingerprint density at radius 2 is 1.00 bits per heavy atom. The molecule has 0 saturated carbocycles. The van der Waals surface area contributed by atoms with Gasteiger partial charge in [-0.2, -0.15) is 0 Å². The SMILES string of the molecule is CCCCC/C=C\C/C=C\C/C=C\CC(O)C(O)CCCC(=O)O[C@H](COC(=O)CCCCCCCCCCCCCCCCCCCCCCC)COP(=O)(O)OCC[N+](C)(C)C. The number of rotatable bonds is 47. The van der Waals surface area contributed by atoms with E-state index in [0.717, 1.165) is 38.5 Å². The standard InChI is InChI=1S/C52H98NO10P/c1-6-8-10-12-14-16-18-20-21-22-23-24-25-26-27-28-30-32-34-36-38-42-51(56)60-46-48(47-62-64(58,59)61-45-44-53(3,4)5)63-52(57)43-39-41-50(55)49(54)40-37-35-33-31-29-19-17-15-13-11-9-7-2/h15,17,29,31,35,37,48-50,54-55H,6-14,16,18-28,30,32-34,36,38-47H2,1-5H3/p+1/b17-15-,31-29-,37-35-/t48-,49?,50?/m1/s1. The summed E-state index contributed by atoms with van der Waals surface area (Å²) in [6, 6.07) is 0. The average Bonchev–Trinajstić information content (AvgIpc) is 3.24. The summed E-state index contributed by atoms with van der Waals surface area (Å²) in [6.45, 7) is 4.09. The fourth-order valence-electron chi connectivity index (χ4n) is 7.18. The molecule has 3 N–H and O–H groups in total. The van der Waals surface area contributed by atoms with Crippen LogP contribution in [-0.4, -0.2) is 97.3 Å². The zero-order valence-corrected chi connectivity index (χ0v) is 42.6. The average molecular weight is 929 g/mol. The van der Waals surface area contributed by atoms with Crippen molar-refractivity contribution in [1.82, 2.24) is 0 Å². The van der Waals surface area contributed by atoms with Crippen LogP contribution < -0.4 is 0 Å². The number of phosphoric acid groups is 1. The number of phosphoric ester groups is 1. The molecule has 11 nitrogen and oxygen atoms in total. The Balaban J connectivity index is 4.42. The van der Waals surface area contributed by atoms with E-state index in [4.69, 9.17) is 18.5 Å². The maximum absolute atomic E-state index is 12.8. The molecule has 0 bridgehead atoms. The van der Waals surface area contributed by atoms with Crippen LogP contribution in [0, 0.1) is 0 Å². The Morgan fingerprint density at radius 1 is 0.547 bits per heavy atom. The second-order valence-electron chi connectivity index (χ2n) is 18.9. The molecule has 0 spiro atoms. The van der Waals surface area contributed by atoms with Gasteiger partial charge in [0.1, 0.15) is 19.8 Å². The van der Waals surface area contributed by atoms with Gasteiger partial charge >= 0.3 is 19.8 Å². The molecule has 0 aromatic carbocycles. The molecule has 0 aromatic heterocycles. The normalized spacial score (nSPS) is 14.7. The molecule has 0 amide bonds. The molecule has 64 heavy (non-hydrogen) atoms. The van der Waals surface area contributed by atoms with Gasteiger partial charge in [-0.15, -0.1) is 0 Å². The minimum atomic E-state index is -4.46. The Bertz CT molecular complexity index is 1220. The Labute approximate surface area is 392 Å². The summed E-state index contributed by atoms with van der Waals surface area (Å²) in [6.07, 6.45) is 43.7. The van der Waals surface area contributed by atoms with Crippen molar-refractivity contribution in [3.8, 4) is 0 Å². The quantitative estimate of drug-likeness (QED) is 0.0177. The first-order valence-corrected chi connectivity index (χ1v) is 27.4. The molecule has 0 rings (SSSR count). The number of allylic oxidation sites excluding steroid dienone is 5. The molecule has 0 aliphatic carbocycles. The highest BCUT2D eigenvalue weighted by atomic mass is 31.2. The lowest BCUT2D eigenvalue weighted by atomic mass is 10.0. The van der Waals surface area contributed by atoms with Crippen LogP contribution in [0.25, 0.3) is 0 Å². The number of carbonyl (C=O) groups is 2. The van der Waals surface area contributed by atoms with E-state index in [1.165, 1.54) is 128 Å². The van der Waals surface area contributed by atoms with Crippen LogP contribution in [0.15, 0.2) is 36.5 Å². The van der Waals surface area contributed by atoms with Gasteiger partial charge in [-0.25, -0.2) is 4.57 Å². The molecule has 3 unspecified atom stereocenters. The van der Waals surface area contributed by atoms with Crippen LogP contribution in [0.5, 0.6) is 0 Å². The molecule has 12 heteroatoms. The number of aliphatic hydroxyl groups is 2. The van der Waals surface area contributed by atoms with Crippen LogP contribution >= 0.6 is 7.82 Å². The summed E-state index contributed by atoms with van der Waals surface area (Å²) in [5, 5.41) is 20.9. The lowest BCUT2D eigenvalue weighted by molar-refractivity contribution is -0.870. The monoisotopic (exact) mass is 929 g/mol. The number of esters is 2. The molecule has 0 saturated heterocycles. The van der Waals surface area contributed by atoms with Crippen molar-refractivity contribution in [1.29, 1.82) is 0 Å². The van der Waals surface area contributed by atoms with E-state index < -0.39 is 44.7 Å². The number of ether oxygens (including phenoxy) is 2. The van der Waals surface area contributed by atoms with Gasteiger partial charge in [-0.1, -0.05) is 192 Å². The smallest absolute Gasteiger partial charge is 0.462 e. The van der Waals surface area contributed by atoms with Gasteiger partial charge < -0.3 is 29.1 Å². The first-order valence-electron chi connectivity index (χ1n) is 25.9. The van der Waals surface area contributed by atoms with E-state index in [1.54, 1.807) is 0 Å². The fraction of sp³-hybridized carbons (Fsp3) is 0.846. The van der Waals surface area contributed by atoms with Crippen LogP contribution in [-0.2, 0) is 32.7 Å². The number of unbranched alkanes of at least 4 members (excludes halogenated alkanes) is 23. The molecule has 0 aliphatic heterocycles. The van der Waals surface area contributed by atoms with Crippen LogP contribution in [0.4, 0.5) is 0 Å². The van der Waals surface area contributed by atoms with Crippen molar-refractivity contribution >= 4 is 19.8 Å². The van der Waals surface area contributed by atoms with Gasteiger partial charge in [0.2, 0.25) is 0 Å². The van der Waals surface area contributed by atoms with Gasteiger partial charge in [0, 0.05) is 12.8 Å². The third-order valence-electron chi connectivity index (χ3n) is 11.4. The van der Waals surface area contributed by atoms with Crippen molar-refractivity contribution in [2.75, 3.05) is 47.5 Å². The van der Waals surface area contributed by atoms with Gasteiger partial charge in [-0.05, 0) is 51.4 Å². The molecule has 0 radical (unpaired) electrons. The number of carbonyl (C=O) groups excluding carboxylic acids is 2. The van der Waals surface area contributed by atoms with Crippen molar-refractivity contribution in [2.45, 2.75) is 238 Å². The lowest BCUT2D eigenvalue weighted by Crippen LogP contribution is -2.37. The second kappa shape index (κ2) is 43.7. The number of aliphatic hydroxyl groups excluding tert-OH is 2. The lowest BCUT2D eigenvalue weighted by Gasteiger charge is -2.24. The first-order chi connectivity index (χ1) is 30.8. The van der Waals surface area contributed by atoms with E-state index in [9.17, 15) is 29.3 Å². The number of nitrogens with zero attached hydrogens (tertiary/aromatic N) is 1. The number of likely N-dealkylation sites (N-methyl/N-ethyl adjacent to an activating group) is 1.